The Bertz CT molecular complexity index is 346. The number of aliphatic hydroxyl groups excluding tert-OH is 1. The number of rotatable bonds is 3. The van der Waals surface area contributed by atoms with Gasteiger partial charge < -0.3 is 9.94 Å². The minimum atomic E-state index is -0.333. The van der Waals surface area contributed by atoms with E-state index in [1.54, 1.807) is 6.92 Å². The topological polar surface area (TPSA) is 41.8 Å². The van der Waals surface area contributed by atoms with Gasteiger partial charge in [0.1, 0.15) is 6.10 Å². The van der Waals surface area contributed by atoms with Crippen LogP contribution in [0.1, 0.15) is 25.3 Å². The first kappa shape index (κ1) is 10.2. The molecule has 0 saturated heterocycles. The zero-order valence-electron chi connectivity index (χ0n) is 8.76. The summed E-state index contributed by atoms with van der Waals surface area (Å²) in [5.41, 5.74) is 2.08. The molecule has 1 aliphatic heterocycles. The highest BCUT2D eigenvalue weighted by Crippen LogP contribution is 2.19. The summed E-state index contributed by atoms with van der Waals surface area (Å²) in [4.78, 5) is 5.26. The summed E-state index contributed by atoms with van der Waals surface area (Å²) in [6.07, 6.45) is 1.12. The summed E-state index contributed by atoms with van der Waals surface area (Å²) in [6, 6.07) is 9.99. The van der Waals surface area contributed by atoms with Crippen molar-refractivity contribution < 1.29 is 9.94 Å². The van der Waals surface area contributed by atoms with E-state index in [0.29, 0.717) is 6.42 Å². The van der Waals surface area contributed by atoms with E-state index in [-0.39, 0.29) is 12.2 Å². The Hall–Kier alpha value is -1.35. The summed E-state index contributed by atoms with van der Waals surface area (Å²) in [7, 11) is 0. The number of aliphatic hydroxyl groups is 1. The smallest absolute Gasteiger partial charge is 0.135 e. The molecule has 0 spiro atoms. The molecular weight excluding hydrogens is 190 g/mol. The van der Waals surface area contributed by atoms with Crippen LogP contribution in [0.15, 0.2) is 35.5 Å². The maximum Gasteiger partial charge on any atom is 0.135 e. The zero-order valence-corrected chi connectivity index (χ0v) is 8.76. The monoisotopic (exact) mass is 205 g/mol. The molecular formula is C12H15NO2. The Balaban J connectivity index is 1.98. The van der Waals surface area contributed by atoms with Crippen LogP contribution in [0.2, 0.25) is 0 Å². The van der Waals surface area contributed by atoms with Crippen LogP contribution in [0.5, 0.6) is 0 Å². The average Bonchev–Trinajstić information content (AvgIpc) is 2.67. The van der Waals surface area contributed by atoms with Gasteiger partial charge in [0, 0.05) is 12.8 Å². The molecule has 1 aromatic rings. The summed E-state index contributed by atoms with van der Waals surface area (Å²) in [5.74, 6) is 0. The fourth-order valence-corrected chi connectivity index (χ4v) is 1.74. The molecule has 0 amide bonds. The van der Waals surface area contributed by atoms with Crippen LogP contribution in [0, 0.1) is 0 Å². The molecule has 0 aliphatic carbocycles. The first-order valence-electron chi connectivity index (χ1n) is 5.22. The SMILES string of the molecule is C[C@H](O)C[C@H]1CC(c2ccccc2)=NO1. The molecule has 0 radical (unpaired) electrons. The van der Waals surface area contributed by atoms with E-state index in [4.69, 9.17) is 4.84 Å². The van der Waals surface area contributed by atoms with Crippen LogP contribution in [-0.4, -0.2) is 23.0 Å². The molecule has 3 nitrogen and oxygen atoms in total. The molecule has 0 unspecified atom stereocenters. The lowest BCUT2D eigenvalue weighted by molar-refractivity contribution is 0.0424. The van der Waals surface area contributed by atoms with Crippen molar-refractivity contribution in [2.45, 2.75) is 32.0 Å². The molecule has 1 aliphatic rings. The van der Waals surface area contributed by atoms with Crippen molar-refractivity contribution in [3.63, 3.8) is 0 Å². The Morgan fingerprint density at radius 2 is 2.20 bits per heavy atom. The summed E-state index contributed by atoms with van der Waals surface area (Å²) < 4.78 is 0. The molecule has 1 aromatic carbocycles. The number of nitrogens with zero attached hydrogens (tertiary/aromatic N) is 1. The lowest BCUT2D eigenvalue weighted by atomic mass is 10.0. The quantitative estimate of drug-likeness (QED) is 0.819. The van der Waals surface area contributed by atoms with Gasteiger partial charge in [0.15, 0.2) is 0 Å². The van der Waals surface area contributed by atoms with Crippen molar-refractivity contribution in [3.8, 4) is 0 Å². The van der Waals surface area contributed by atoms with E-state index in [9.17, 15) is 5.11 Å². The molecule has 15 heavy (non-hydrogen) atoms. The van der Waals surface area contributed by atoms with Gasteiger partial charge >= 0.3 is 0 Å². The van der Waals surface area contributed by atoms with Gasteiger partial charge in [-0.2, -0.15) is 0 Å². The number of oxime groups is 1. The summed E-state index contributed by atoms with van der Waals surface area (Å²) in [5, 5.41) is 13.3. The molecule has 0 fully saturated rings. The maximum absolute atomic E-state index is 9.24. The van der Waals surface area contributed by atoms with Crippen molar-refractivity contribution in [1.82, 2.24) is 0 Å². The number of hydrogen-bond acceptors (Lipinski definition) is 3. The van der Waals surface area contributed by atoms with Gasteiger partial charge in [-0.1, -0.05) is 35.5 Å². The van der Waals surface area contributed by atoms with Crippen LogP contribution in [0.25, 0.3) is 0 Å². The van der Waals surface area contributed by atoms with E-state index < -0.39 is 0 Å². The largest absolute Gasteiger partial charge is 0.393 e. The minimum Gasteiger partial charge on any atom is -0.393 e. The van der Waals surface area contributed by atoms with E-state index in [1.165, 1.54) is 0 Å². The standard InChI is InChI=1S/C12H15NO2/c1-9(14)7-11-8-12(13-15-11)10-5-3-2-4-6-10/h2-6,9,11,14H,7-8H2,1H3/t9-,11-/m0/s1. The maximum atomic E-state index is 9.24. The first-order valence-corrected chi connectivity index (χ1v) is 5.22. The van der Waals surface area contributed by atoms with Crippen molar-refractivity contribution in [1.29, 1.82) is 0 Å². The predicted molar refractivity (Wildman–Crippen MR) is 58.8 cm³/mol. The minimum absolute atomic E-state index is 0.0280. The highest BCUT2D eigenvalue weighted by molar-refractivity contribution is 6.01. The van der Waals surface area contributed by atoms with Crippen LogP contribution in [-0.2, 0) is 4.84 Å². The molecule has 1 heterocycles. The Kier molecular flexibility index (Phi) is 3.02. The first-order chi connectivity index (χ1) is 7.25. The third-order valence-corrected chi connectivity index (χ3v) is 2.44. The third-order valence-electron chi connectivity index (χ3n) is 2.44. The molecule has 0 saturated carbocycles. The lowest BCUT2D eigenvalue weighted by Crippen LogP contribution is -2.15. The second-order valence-electron chi connectivity index (χ2n) is 3.92. The van der Waals surface area contributed by atoms with Gasteiger partial charge in [-0.3, -0.25) is 0 Å². The average molecular weight is 205 g/mol. The van der Waals surface area contributed by atoms with Gasteiger partial charge in [-0.05, 0) is 12.5 Å². The highest BCUT2D eigenvalue weighted by atomic mass is 16.6. The van der Waals surface area contributed by atoms with Gasteiger partial charge in [-0.25, -0.2) is 0 Å². The van der Waals surface area contributed by atoms with Gasteiger partial charge in [0.25, 0.3) is 0 Å². The molecule has 1 N–H and O–H groups in total. The Morgan fingerprint density at radius 1 is 1.47 bits per heavy atom. The predicted octanol–water partition coefficient (Wildman–Crippen LogP) is 1.95. The molecule has 3 heteroatoms. The second kappa shape index (κ2) is 4.45. The van der Waals surface area contributed by atoms with Crippen molar-refractivity contribution >= 4 is 5.71 Å². The van der Waals surface area contributed by atoms with E-state index in [1.807, 2.05) is 30.3 Å². The van der Waals surface area contributed by atoms with Crippen LogP contribution < -0.4 is 0 Å². The second-order valence-corrected chi connectivity index (χ2v) is 3.92. The van der Waals surface area contributed by atoms with Crippen LogP contribution >= 0.6 is 0 Å². The molecule has 0 bridgehead atoms. The third kappa shape index (κ3) is 2.57. The van der Waals surface area contributed by atoms with E-state index >= 15 is 0 Å². The fraction of sp³-hybridized carbons (Fsp3) is 0.417. The van der Waals surface area contributed by atoms with Crippen molar-refractivity contribution in [2.24, 2.45) is 5.16 Å². The molecule has 0 aromatic heterocycles. The van der Waals surface area contributed by atoms with Crippen molar-refractivity contribution in [3.05, 3.63) is 35.9 Å². The van der Waals surface area contributed by atoms with Crippen LogP contribution in [0.3, 0.4) is 0 Å². The highest BCUT2D eigenvalue weighted by Gasteiger charge is 2.23. The van der Waals surface area contributed by atoms with Crippen LogP contribution in [0.4, 0.5) is 0 Å². The normalized spacial score (nSPS) is 22.0. The lowest BCUT2D eigenvalue weighted by Gasteiger charge is -2.09. The van der Waals surface area contributed by atoms with E-state index in [0.717, 1.165) is 17.7 Å². The van der Waals surface area contributed by atoms with Gasteiger partial charge in [0.2, 0.25) is 0 Å². The molecule has 2 rings (SSSR count). The number of benzene rings is 1. The van der Waals surface area contributed by atoms with E-state index in [2.05, 4.69) is 5.16 Å². The molecule has 80 valence electrons. The van der Waals surface area contributed by atoms with Crippen molar-refractivity contribution in [2.75, 3.05) is 0 Å². The Labute approximate surface area is 89.4 Å². The fourth-order valence-electron chi connectivity index (χ4n) is 1.74. The zero-order chi connectivity index (χ0) is 10.7. The summed E-state index contributed by atoms with van der Waals surface area (Å²) in [6.45, 7) is 1.77. The van der Waals surface area contributed by atoms with Gasteiger partial charge in [0.05, 0.1) is 11.8 Å². The molecule has 2 atom stereocenters. The number of hydrogen-bond donors (Lipinski definition) is 1. The van der Waals surface area contributed by atoms with Gasteiger partial charge in [-0.15, -0.1) is 0 Å². The summed E-state index contributed by atoms with van der Waals surface area (Å²) >= 11 is 0. The Morgan fingerprint density at radius 3 is 2.87 bits per heavy atom.